The fourth-order valence-corrected chi connectivity index (χ4v) is 2.36. The topological polar surface area (TPSA) is 89.0 Å². The van der Waals surface area contributed by atoms with Crippen LogP contribution in [0.5, 0.6) is 5.88 Å². The van der Waals surface area contributed by atoms with Gasteiger partial charge in [0.15, 0.2) is 0 Å². The highest BCUT2D eigenvalue weighted by molar-refractivity contribution is 5.97. The van der Waals surface area contributed by atoms with Crippen LogP contribution in [0.25, 0.3) is 10.9 Å². The fraction of sp³-hybridized carbons (Fsp3) is 0.389. The van der Waals surface area contributed by atoms with Crippen LogP contribution in [0.1, 0.15) is 38.1 Å². The number of carbonyl (C=O) groups excluding carboxylic acids is 1. The second kappa shape index (κ2) is 6.96. The Morgan fingerprint density at radius 1 is 1.24 bits per heavy atom. The minimum absolute atomic E-state index is 0.0348. The standard InChI is InChI=1S/C18H22N2O5/c1-6-20(17(23)25-18(2,3)4)12-7-8-14-11(9-12)10-13(16(21)22)15(19-14)24-5/h7-10H,6H2,1-5H3,(H,21,22). The first kappa shape index (κ1) is 18.5. The van der Waals surface area contributed by atoms with E-state index in [0.717, 1.165) is 0 Å². The summed E-state index contributed by atoms with van der Waals surface area (Å²) in [5.74, 6) is -1.08. The number of pyridine rings is 1. The van der Waals surface area contributed by atoms with E-state index in [1.165, 1.54) is 18.1 Å². The first-order chi connectivity index (χ1) is 11.7. The van der Waals surface area contributed by atoms with Crippen molar-refractivity contribution in [2.75, 3.05) is 18.6 Å². The Bertz CT molecular complexity index is 811. The number of carboxylic acid groups (broad SMARTS) is 1. The van der Waals surface area contributed by atoms with Crippen LogP contribution in [-0.4, -0.2) is 41.4 Å². The molecule has 0 atom stereocenters. The summed E-state index contributed by atoms with van der Waals surface area (Å²) in [7, 11) is 1.37. The van der Waals surface area contributed by atoms with Crippen LogP contribution in [0, 0.1) is 0 Å². The molecule has 2 aromatic rings. The zero-order valence-corrected chi connectivity index (χ0v) is 15.0. The number of aromatic nitrogens is 1. The molecule has 0 fully saturated rings. The summed E-state index contributed by atoms with van der Waals surface area (Å²) in [6, 6.07) is 6.64. The average Bonchev–Trinajstić information content (AvgIpc) is 2.52. The highest BCUT2D eigenvalue weighted by atomic mass is 16.6. The van der Waals surface area contributed by atoms with Gasteiger partial charge in [0.1, 0.15) is 11.2 Å². The zero-order chi connectivity index (χ0) is 18.8. The van der Waals surface area contributed by atoms with Crippen molar-refractivity contribution in [3.8, 4) is 5.88 Å². The number of fused-ring (bicyclic) bond motifs is 1. The van der Waals surface area contributed by atoms with Crippen LogP contribution in [0.15, 0.2) is 24.3 Å². The number of methoxy groups -OCH3 is 1. The van der Waals surface area contributed by atoms with Crippen molar-refractivity contribution in [2.45, 2.75) is 33.3 Å². The zero-order valence-electron chi connectivity index (χ0n) is 15.0. The first-order valence-electron chi connectivity index (χ1n) is 7.89. The van der Waals surface area contributed by atoms with Gasteiger partial charge in [-0.15, -0.1) is 0 Å². The number of hydrogen-bond acceptors (Lipinski definition) is 5. The van der Waals surface area contributed by atoms with Crippen LogP contribution in [0.3, 0.4) is 0 Å². The Labute approximate surface area is 146 Å². The molecule has 0 radical (unpaired) electrons. The molecule has 0 saturated carbocycles. The van der Waals surface area contributed by atoms with Crippen molar-refractivity contribution >= 4 is 28.7 Å². The lowest BCUT2D eigenvalue weighted by atomic mass is 10.1. The Hall–Kier alpha value is -2.83. The van der Waals surface area contributed by atoms with Gasteiger partial charge in [-0.05, 0) is 52.0 Å². The van der Waals surface area contributed by atoms with Crippen molar-refractivity contribution < 1.29 is 24.2 Å². The van der Waals surface area contributed by atoms with Crippen LogP contribution < -0.4 is 9.64 Å². The molecule has 0 spiro atoms. The predicted molar refractivity (Wildman–Crippen MR) is 94.5 cm³/mol. The molecule has 0 saturated heterocycles. The van der Waals surface area contributed by atoms with E-state index in [-0.39, 0.29) is 11.4 Å². The maximum absolute atomic E-state index is 12.4. The number of carbonyl (C=O) groups is 2. The molecule has 0 aliphatic rings. The van der Waals surface area contributed by atoms with Crippen LogP contribution in [-0.2, 0) is 4.74 Å². The molecule has 1 N–H and O–H groups in total. The van der Waals surface area contributed by atoms with E-state index in [1.807, 2.05) is 6.92 Å². The van der Waals surface area contributed by atoms with Gasteiger partial charge in [0, 0.05) is 17.6 Å². The monoisotopic (exact) mass is 346 g/mol. The lowest BCUT2D eigenvalue weighted by Gasteiger charge is -2.26. The maximum Gasteiger partial charge on any atom is 0.414 e. The number of hydrogen-bond donors (Lipinski definition) is 1. The molecule has 134 valence electrons. The van der Waals surface area contributed by atoms with E-state index in [4.69, 9.17) is 9.47 Å². The summed E-state index contributed by atoms with van der Waals surface area (Å²) in [6.07, 6.45) is -0.464. The SMILES string of the molecule is CCN(C(=O)OC(C)(C)C)c1ccc2nc(OC)c(C(=O)O)cc2c1. The van der Waals surface area contributed by atoms with E-state index in [9.17, 15) is 14.7 Å². The van der Waals surface area contributed by atoms with Crippen molar-refractivity contribution in [3.63, 3.8) is 0 Å². The Balaban J connectivity index is 2.48. The summed E-state index contributed by atoms with van der Waals surface area (Å²) < 4.78 is 10.4. The number of ether oxygens (including phenoxy) is 2. The Morgan fingerprint density at radius 2 is 1.92 bits per heavy atom. The van der Waals surface area contributed by atoms with Gasteiger partial charge >= 0.3 is 12.1 Å². The molecule has 0 unspecified atom stereocenters. The molecule has 7 nitrogen and oxygen atoms in total. The summed E-state index contributed by atoms with van der Waals surface area (Å²) >= 11 is 0. The normalized spacial score (nSPS) is 11.2. The predicted octanol–water partition coefficient (Wildman–Crippen LogP) is 3.70. The van der Waals surface area contributed by atoms with E-state index in [2.05, 4.69) is 4.98 Å². The van der Waals surface area contributed by atoms with Gasteiger partial charge in [-0.2, -0.15) is 0 Å². The number of nitrogens with zero attached hydrogens (tertiary/aromatic N) is 2. The summed E-state index contributed by atoms with van der Waals surface area (Å²) in [5.41, 5.74) is 0.540. The van der Waals surface area contributed by atoms with Crippen LogP contribution >= 0.6 is 0 Å². The van der Waals surface area contributed by atoms with Crippen molar-refractivity contribution in [3.05, 3.63) is 29.8 Å². The summed E-state index contributed by atoms with van der Waals surface area (Å²) in [4.78, 5) is 29.4. The molecule has 25 heavy (non-hydrogen) atoms. The van der Waals surface area contributed by atoms with Gasteiger partial charge in [-0.1, -0.05) is 0 Å². The number of benzene rings is 1. The largest absolute Gasteiger partial charge is 0.480 e. The molecular weight excluding hydrogens is 324 g/mol. The van der Waals surface area contributed by atoms with Gasteiger partial charge in [-0.3, -0.25) is 4.90 Å². The average molecular weight is 346 g/mol. The third-order valence-corrected chi connectivity index (χ3v) is 3.43. The second-order valence-corrected chi connectivity index (χ2v) is 6.45. The number of rotatable bonds is 4. The number of anilines is 1. The van der Waals surface area contributed by atoms with Gasteiger partial charge in [-0.25, -0.2) is 14.6 Å². The molecule has 1 aromatic carbocycles. The minimum atomic E-state index is -1.13. The van der Waals surface area contributed by atoms with Crippen LogP contribution in [0.4, 0.5) is 10.5 Å². The molecule has 1 amide bonds. The van der Waals surface area contributed by atoms with E-state index in [0.29, 0.717) is 23.1 Å². The van der Waals surface area contributed by atoms with Gasteiger partial charge in [0.2, 0.25) is 5.88 Å². The first-order valence-corrected chi connectivity index (χ1v) is 7.89. The third-order valence-electron chi connectivity index (χ3n) is 3.43. The molecule has 0 aliphatic carbocycles. The van der Waals surface area contributed by atoms with Crippen molar-refractivity contribution in [1.82, 2.24) is 4.98 Å². The Morgan fingerprint density at radius 3 is 2.44 bits per heavy atom. The molecule has 1 aromatic heterocycles. The highest BCUT2D eigenvalue weighted by Gasteiger charge is 2.23. The van der Waals surface area contributed by atoms with E-state index < -0.39 is 17.7 Å². The molecule has 0 aliphatic heterocycles. The Kier molecular flexibility index (Phi) is 5.15. The lowest BCUT2D eigenvalue weighted by molar-refractivity contribution is 0.0581. The molecule has 1 heterocycles. The van der Waals surface area contributed by atoms with E-state index in [1.54, 1.807) is 39.0 Å². The van der Waals surface area contributed by atoms with Crippen molar-refractivity contribution in [1.29, 1.82) is 0 Å². The van der Waals surface area contributed by atoms with E-state index >= 15 is 0 Å². The van der Waals surface area contributed by atoms with Gasteiger partial charge in [0.05, 0.1) is 12.6 Å². The van der Waals surface area contributed by atoms with Crippen LogP contribution in [0.2, 0.25) is 0 Å². The quantitative estimate of drug-likeness (QED) is 0.908. The maximum atomic E-state index is 12.4. The second-order valence-electron chi connectivity index (χ2n) is 6.45. The summed E-state index contributed by atoms with van der Waals surface area (Å²) in [6.45, 7) is 7.65. The van der Waals surface area contributed by atoms with Gasteiger partial charge in [0.25, 0.3) is 0 Å². The molecule has 2 rings (SSSR count). The smallest absolute Gasteiger partial charge is 0.414 e. The van der Waals surface area contributed by atoms with Crippen molar-refractivity contribution in [2.24, 2.45) is 0 Å². The number of aromatic carboxylic acids is 1. The third kappa shape index (κ3) is 4.17. The molecule has 7 heteroatoms. The minimum Gasteiger partial charge on any atom is -0.480 e. The fourth-order valence-electron chi connectivity index (χ4n) is 2.36. The van der Waals surface area contributed by atoms with Gasteiger partial charge < -0.3 is 14.6 Å². The molecule has 0 bridgehead atoms. The highest BCUT2D eigenvalue weighted by Crippen LogP contribution is 2.27. The number of carboxylic acids is 1. The number of amides is 1. The molecular formula is C18H22N2O5. The summed E-state index contributed by atoms with van der Waals surface area (Å²) in [5, 5.41) is 9.89. The lowest BCUT2D eigenvalue weighted by Crippen LogP contribution is -2.36.